The van der Waals surface area contributed by atoms with Gasteiger partial charge in [-0.1, -0.05) is 36.8 Å². The molecular formula is C18H30N2O. The highest BCUT2D eigenvalue weighted by Gasteiger charge is 2.31. The Kier molecular flexibility index (Phi) is 5.42. The van der Waals surface area contributed by atoms with Crippen LogP contribution in [0, 0.1) is 6.92 Å². The van der Waals surface area contributed by atoms with Gasteiger partial charge >= 0.3 is 0 Å². The molecule has 0 saturated carbocycles. The van der Waals surface area contributed by atoms with Crippen molar-refractivity contribution in [3.05, 3.63) is 35.4 Å². The van der Waals surface area contributed by atoms with Crippen LogP contribution in [0.5, 0.6) is 0 Å². The second kappa shape index (κ2) is 6.91. The summed E-state index contributed by atoms with van der Waals surface area (Å²) in [6.45, 7) is 8.17. The topological polar surface area (TPSA) is 49.5 Å². The van der Waals surface area contributed by atoms with Gasteiger partial charge < -0.3 is 10.8 Å². The number of likely N-dealkylation sites (tertiary alicyclic amines) is 1. The van der Waals surface area contributed by atoms with Crippen LogP contribution in [-0.2, 0) is 0 Å². The third-order valence-electron chi connectivity index (χ3n) is 4.75. The maximum atomic E-state index is 10.3. The van der Waals surface area contributed by atoms with E-state index in [9.17, 15) is 5.11 Å². The minimum Gasteiger partial charge on any atom is -0.390 e. The molecule has 0 amide bonds. The van der Waals surface area contributed by atoms with Crippen LogP contribution >= 0.6 is 0 Å². The molecule has 0 bridgehead atoms. The Balaban J connectivity index is 2.24. The van der Waals surface area contributed by atoms with Crippen LogP contribution < -0.4 is 5.73 Å². The van der Waals surface area contributed by atoms with Crippen LogP contribution in [0.15, 0.2) is 24.3 Å². The van der Waals surface area contributed by atoms with Gasteiger partial charge in [0.1, 0.15) is 0 Å². The first kappa shape index (κ1) is 16.5. The van der Waals surface area contributed by atoms with E-state index in [-0.39, 0.29) is 12.1 Å². The molecule has 1 aliphatic rings. The molecule has 0 aliphatic carbocycles. The predicted molar refractivity (Wildman–Crippen MR) is 88.2 cm³/mol. The van der Waals surface area contributed by atoms with Crippen LogP contribution in [0.3, 0.4) is 0 Å². The van der Waals surface area contributed by atoms with Crippen molar-refractivity contribution in [3.63, 3.8) is 0 Å². The van der Waals surface area contributed by atoms with Gasteiger partial charge in [0.25, 0.3) is 0 Å². The van der Waals surface area contributed by atoms with E-state index < -0.39 is 5.60 Å². The fourth-order valence-corrected chi connectivity index (χ4v) is 3.37. The van der Waals surface area contributed by atoms with Gasteiger partial charge in [0, 0.05) is 18.6 Å². The maximum absolute atomic E-state index is 10.3. The zero-order valence-corrected chi connectivity index (χ0v) is 13.7. The summed E-state index contributed by atoms with van der Waals surface area (Å²) >= 11 is 0. The normalized spacial score (nSPS) is 27.1. The van der Waals surface area contributed by atoms with E-state index in [0.717, 1.165) is 38.8 Å². The molecular weight excluding hydrogens is 260 g/mol. The van der Waals surface area contributed by atoms with Crippen molar-refractivity contribution in [2.75, 3.05) is 13.1 Å². The Hall–Kier alpha value is -0.900. The molecule has 21 heavy (non-hydrogen) atoms. The summed E-state index contributed by atoms with van der Waals surface area (Å²) in [6, 6.07) is 9.08. The van der Waals surface area contributed by atoms with Gasteiger partial charge in [0.05, 0.1) is 5.60 Å². The molecule has 1 aliphatic heterocycles. The first-order chi connectivity index (χ1) is 9.93. The maximum Gasteiger partial charge on any atom is 0.0632 e. The number of hydrogen-bond donors (Lipinski definition) is 2. The van der Waals surface area contributed by atoms with Gasteiger partial charge in [0.15, 0.2) is 0 Å². The lowest BCUT2D eigenvalue weighted by Crippen LogP contribution is -2.42. The minimum absolute atomic E-state index is 0.134. The van der Waals surface area contributed by atoms with Gasteiger partial charge in [-0.05, 0) is 51.6 Å². The van der Waals surface area contributed by atoms with Crippen LogP contribution in [0.1, 0.15) is 56.7 Å². The number of aliphatic hydroxyl groups is 1. The van der Waals surface area contributed by atoms with Crippen LogP contribution in [0.2, 0.25) is 0 Å². The van der Waals surface area contributed by atoms with E-state index in [2.05, 4.69) is 43.0 Å². The fraction of sp³-hybridized carbons (Fsp3) is 0.667. The third-order valence-corrected chi connectivity index (χ3v) is 4.75. The lowest BCUT2D eigenvalue weighted by atomic mass is 9.94. The molecule has 3 heteroatoms. The minimum atomic E-state index is -0.526. The van der Waals surface area contributed by atoms with Crippen LogP contribution in [0.25, 0.3) is 0 Å². The van der Waals surface area contributed by atoms with Gasteiger partial charge in [-0.2, -0.15) is 0 Å². The summed E-state index contributed by atoms with van der Waals surface area (Å²) in [4.78, 5) is 2.48. The Morgan fingerprint density at radius 3 is 2.76 bits per heavy atom. The highest BCUT2D eigenvalue weighted by Crippen LogP contribution is 2.30. The van der Waals surface area contributed by atoms with Gasteiger partial charge in [-0.3, -0.25) is 4.90 Å². The zero-order valence-electron chi connectivity index (χ0n) is 13.7. The Labute approximate surface area is 129 Å². The first-order valence-electron chi connectivity index (χ1n) is 8.21. The average Bonchev–Trinajstić information content (AvgIpc) is 2.60. The molecule has 1 aromatic rings. The van der Waals surface area contributed by atoms with Crippen molar-refractivity contribution in [2.45, 2.75) is 64.1 Å². The van der Waals surface area contributed by atoms with Gasteiger partial charge in [0.2, 0.25) is 0 Å². The molecule has 1 fully saturated rings. The molecule has 2 rings (SSSR count). The van der Waals surface area contributed by atoms with Crippen molar-refractivity contribution < 1.29 is 5.11 Å². The van der Waals surface area contributed by atoms with Crippen molar-refractivity contribution >= 4 is 0 Å². The quantitative estimate of drug-likeness (QED) is 0.896. The molecule has 3 N–H and O–H groups in total. The second-order valence-corrected chi connectivity index (χ2v) is 6.82. The first-order valence-corrected chi connectivity index (χ1v) is 8.21. The van der Waals surface area contributed by atoms with Crippen molar-refractivity contribution in [2.24, 2.45) is 5.73 Å². The number of nitrogens with two attached hydrogens (primary N) is 1. The molecule has 1 heterocycles. The molecule has 118 valence electrons. The largest absolute Gasteiger partial charge is 0.390 e. The Morgan fingerprint density at radius 2 is 2.10 bits per heavy atom. The fourth-order valence-electron chi connectivity index (χ4n) is 3.37. The van der Waals surface area contributed by atoms with E-state index >= 15 is 0 Å². The van der Waals surface area contributed by atoms with Gasteiger partial charge in [-0.25, -0.2) is 0 Å². The van der Waals surface area contributed by atoms with Crippen LogP contribution in [0.4, 0.5) is 0 Å². The van der Waals surface area contributed by atoms with Crippen LogP contribution in [-0.4, -0.2) is 34.7 Å². The predicted octanol–water partition coefficient (Wildman–Crippen LogP) is 3.01. The van der Waals surface area contributed by atoms with Gasteiger partial charge in [-0.15, -0.1) is 0 Å². The van der Waals surface area contributed by atoms with E-state index in [4.69, 9.17) is 5.73 Å². The summed E-state index contributed by atoms with van der Waals surface area (Å²) in [5.74, 6) is 0. The summed E-state index contributed by atoms with van der Waals surface area (Å²) < 4.78 is 0. The summed E-state index contributed by atoms with van der Waals surface area (Å²) in [7, 11) is 0. The monoisotopic (exact) mass is 290 g/mol. The molecule has 0 aromatic heterocycles. The SMILES string of the molecule is CCC(N)C(c1cccc(C)c1)N1CCCC(C)(O)CC1. The van der Waals surface area contributed by atoms with E-state index in [0.29, 0.717) is 0 Å². The number of nitrogens with zero attached hydrogens (tertiary/aromatic N) is 1. The lowest BCUT2D eigenvalue weighted by Gasteiger charge is -2.35. The summed E-state index contributed by atoms with van der Waals surface area (Å²) in [5.41, 5.74) is 8.51. The number of benzene rings is 1. The molecule has 1 saturated heterocycles. The van der Waals surface area contributed by atoms with E-state index in [1.54, 1.807) is 0 Å². The molecule has 3 nitrogen and oxygen atoms in total. The third kappa shape index (κ3) is 4.29. The Morgan fingerprint density at radius 1 is 1.33 bits per heavy atom. The molecule has 1 aromatic carbocycles. The van der Waals surface area contributed by atoms with Crippen molar-refractivity contribution in [1.29, 1.82) is 0 Å². The smallest absolute Gasteiger partial charge is 0.0632 e. The van der Waals surface area contributed by atoms with Crippen molar-refractivity contribution in [1.82, 2.24) is 4.90 Å². The molecule has 0 spiro atoms. The number of rotatable bonds is 4. The van der Waals surface area contributed by atoms with E-state index in [1.807, 2.05) is 6.92 Å². The average molecular weight is 290 g/mol. The standard InChI is InChI=1S/C18H30N2O/c1-4-16(19)17(15-8-5-7-14(2)13-15)20-11-6-9-18(3,21)10-12-20/h5,7-8,13,16-17,21H,4,6,9-12,19H2,1-3H3. The number of hydrogen-bond acceptors (Lipinski definition) is 3. The highest BCUT2D eigenvalue weighted by molar-refractivity contribution is 5.26. The lowest BCUT2D eigenvalue weighted by molar-refractivity contribution is 0.0422. The Bertz CT molecular complexity index is 458. The second-order valence-electron chi connectivity index (χ2n) is 6.82. The molecule has 3 atom stereocenters. The molecule has 0 radical (unpaired) electrons. The summed E-state index contributed by atoms with van der Waals surface area (Å²) in [6.07, 6.45) is 3.70. The van der Waals surface area contributed by atoms with E-state index in [1.165, 1.54) is 11.1 Å². The number of aryl methyl sites for hydroxylation is 1. The zero-order chi connectivity index (χ0) is 15.5. The highest BCUT2D eigenvalue weighted by atomic mass is 16.3. The van der Waals surface area contributed by atoms with Crippen molar-refractivity contribution in [3.8, 4) is 0 Å². The summed E-state index contributed by atoms with van der Waals surface area (Å²) in [5, 5.41) is 10.3. The molecule has 3 unspecified atom stereocenters.